The molecule has 0 heterocycles. The highest BCUT2D eigenvalue weighted by Gasteiger charge is 2.12. The topological polar surface area (TPSA) is 80.6 Å². The van der Waals surface area contributed by atoms with Crippen molar-refractivity contribution in [1.29, 1.82) is 5.26 Å². The first-order valence-corrected chi connectivity index (χ1v) is 8.81. The average molecular weight is 388 g/mol. The molecular weight excluding hydrogens is 368 g/mol. The van der Waals surface area contributed by atoms with Crippen LogP contribution in [0.4, 0.5) is 5.69 Å². The van der Waals surface area contributed by atoms with Crippen molar-refractivity contribution < 1.29 is 19.0 Å². The van der Waals surface area contributed by atoms with Crippen LogP contribution in [0.2, 0.25) is 0 Å². The van der Waals surface area contributed by atoms with Gasteiger partial charge in [0.1, 0.15) is 17.4 Å². The summed E-state index contributed by atoms with van der Waals surface area (Å²) >= 11 is 0. The normalized spacial score (nSPS) is 10.9. The predicted molar refractivity (Wildman–Crippen MR) is 112 cm³/mol. The predicted octanol–water partition coefficient (Wildman–Crippen LogP) is 4.41. The Labute approximate surface area is 168 Å². The van der Waals surface area contributed by atoms with Crippen LogP contribution in [0.15, 0.2) is 60.2 Å². The number of rotatable bonds is 6. The van der Waals surface area contributed by atoms with E-state index >= 15 is 0 Å². The smallest absolute Gasteiger partial charge is 0.266 e. The van der Waals surface area contributed by atoms with Crippen molar-refractivity contribution in [3.8, 4) is 23.3 Å². The van der Waals surface area contributed by atoms with E-state index in [1.165, 1.54) is 14.2 Å². The number of benzene rings is 3. The van der Waals surface area contributed by atoms with Crippen LogP contribution in [0.1, 0.15) is 5.56 Å². The number of amides is 1. The minimum Gasteiger partial charge on any atom is -0.497 e. The first-order valence-electron chi connectivity index (χ1n) is 8.81. The highest BCUT2D eigenvalue weighted by atomic mass is 16.5. The molecule has 0 aliphatic rings. The van der Waals surface area contributed by atoms with Crippen LogP contribution in [0.25, 0.3) is 16.8 Å². The van der Waals surface area contributed by atoms with Gasteiger partial charge < -0.3 is 19.5 Å². The molecule has 0 saturated carbocycles. The number of hydrogen-bond donors (Lipinski definition) is 1. The number of ether oxygens (including phenoxy) is 3. The van der Waals surface area contributed by atoms with E-state index in [-0.39, 0.29) is 5.57 Å². The van der Waals surface area contributed by atoms with Gasteiger partial charge in [0.05, 0.1) is 21.3 Å². The quantitative estimate of drug-likeness (QED) is 0.500. The molecule has 6 nitrogen and oxygen atoms in total. The van der Waals surface area contributed by atoms with E-state index in [0.29, 0.717) is 17.2 Å². The Morgan fingerprint density at radius 2 is 1.62 bits per heavy atom. The van der Waals surface area contributed by atoms with E-state index < -0.39 is 5.91 Å². The third kappa shape index (κ3) is 4.47. The lowest BCUT2D eigenvalue weighted by Crippen LogP contribution is -2.13. The lowest BCUT2D eigenvalue weighted by molar-refractivity contribution is -0.112. The van der Waals surface area contributed by atoms with Crippen LogP contribution < -0.4 is 19.5 Å². The van der Waals surface area contributed by atoms with Crippen LogP contribution in [0.5, 0.6) is 17.2 Å². The van der Waals surface area contributed by atoms with Crippen molar-refractivity contribution in [2.45, 2.75) is 0 Å². The molecule has 0 atom stereocenters. The first kappa shape index (κ1) is 19.8. The van der Waals surface area contributed by atoms with Gasteiger partial charge in [0.2, 0.25) is 0 Å². The van der Waals surface area contributed by atoms with Crippen LogP contribution in [0.3, 0.4) is 0 Å². The molecule has 3 aromatic rings. The van der Waals surface area contributed by atoms with Gasteiger partial charge in [-0.15, -0.1) is 0 Å². The summed E-state index contributed by atoms with van der Waals surface area (Å²) in [6.07, 6.45) is 1.56. The number of anilines is 1. The molecule has 1 amide bonds. The van der Waals surface area contributed by atoms with Gasteiger partial charge in [-0.3, -0.25) is 4.79 Å². The summed E-state index contributed by atoms with van der Waals surface area (Å²) in [5.41, 5.74) is 1.24. The Morgan fingerprint density at radius 3 is 2.31 bits per heavy atom. The Hall–Kier alpha value is -3.98. The summed E-state index contributed by atoms with van der Waals surface area (Å²) in [5, 5.41) is 14.2. The summed E-state index contributed by atoms with van der Waals surface area (Å²) in [5.74, 6) is 1.30. The minimum absolute atomic E-state index is 0.00681. The highest BCUT2D eigenvalue weighted by molar-refractivity contribution is 6.10. The maximum absolute atomic E-state index is 12.6. The van der Waals surface area contributed by atoms with Crippen molar-refractivity contribution >= 4 is 28.4 Å². The van der Waals surface area contributed by atoms with Gasteiger partial charge in [0.15, 0.2) is 11.5 Å². The largest absolute Gasteiger partial charge is 0.497 e. The fraction of sp³-hybridized carbons (Fsp3) is 0.130. The van der Waals surface area contributed by atoms with Crippen LogP contribution in [-0.4, -0.2) is 27.2 Å². The second-order valence-electron chi connectivity index (χ2n) is 6.17. The maximum Gasteiger partial charge on any atom is 0.266 e. The Morgan fingerprint density at radius 1 is 0.897 bits per heavy atom. The van der Waals surface area contributed by atoms with E-state index in [1.807, 2.05) is 42.5 Å². The lowest BCUT2D eigenvalue weighted by Gasteiger charge is -2.10. The van der Waals surface area contributed by atoms with Crippen LogP contribution in [0, 0.1) is 11.3 Å². The van der Waals surface area contributed by atoms with Crippen molar-refractivity contribution in [1.82, 2.24) is 0 Å². The zero-order valence-electron chi connectivity index (χ0n) is 16.4. The molecule has 0 radical (unpaired) electrons. The molecule has 146 valence electrons. The van der Waals surface area contributed by atoms with E-state index in [1.54, 1.807) is 31.4 Å². The van der Waals surface area contributed by atoms with Gasteiger partial charge in [-0.2, -0.15) is 5.26 Å². The second kappa shape index (κ2) is 8.81. The summed E-state index contributed by atoms with van der Waals surface area (Å²) < 4.78 is 15.6. The van der Waals surface area contributed by atoms with Gasteiger partial charge in [0.25, 0.3) is 5.91 Å². The molecule has 0 aromatic heterocycles. The number of nitriles is 1. The Balaban J connectivity index is 1.85. The lowest BCUT2D eigenvalue weighted by atomic mass is 10.0. The Bertz CT molecular complexity index is 1130. The molecule has 0 bridgehead atoms. The average Bonchev–Trinajstić information content (AvgIpc) is 2.76. The molecule has 29 heavy (non-hydrogen) atoms. The molecule has 0 fully saturated rings. The van der Waals surface area contributed by atoms with Gasteiger partial charge in [-0.25, -0.2) is 0 Å². The van der Waals surface area contributed by atoms with E-state index in [0.717, 1.165) is 22.1 Å². The molecule has 6 heteroatoms. The first-order chi connectivity index (χ1) is 14.1. The number of nitrogens with zero attached hydrogens (tertiary/aromatic N) is 1. The standard InChI is InChI=1S/C23H20N2O4/c1-27-20-8-6-16-10-15(4-5-17(16)12-20)11-18(14-24)23(26)25-19-7-9-21(28-2)22(13-19)29-3/h4-13H,1-3H3,(H,25,26). The summed E-state index contributed by atoms with van der Waals surface area (Å²) in [4.78, 5) is 12.6. The fourth-order valence-electron chi connectivity index (χ4n) is 2.89. The zero-order valence-corrected chi connectivity index (χ0v) is 16.4. The molecule has 0 aliphatic heterocycles. The van der Waals surface area contributed by atoms with Gasteiger partial charge >= 0.3 is 0 Å². The number of nitrogens with one attached hydrogen (secondary N) is 1. The van der Waals surface area contributed by atoms with Crippen LogP contribution in [-0.2, 0) is 4.79 Å². The van der Waals surface area contributed by atoms with Gasteiger partial charge in [-0.05, 0) is 52.7 Å². The monoisotopic (exact) mass is 388 g/mol. The molecule has 0 unspecified atom stereocenters. The number of carbonyl (C=O) groups excluding carboxylic acids is 1. The number of carbonyl (C=O) groups is 1. The molecule has 0 saturated heterocycles. The third-order valence-electron chi connectivity index (χ3n) is 4.39. The summed E-state index contributed by atoms with van der Waals surface area (Å²) in [6, 6.07) is 18.4. The van der Waals surface area contributed by atoms with Crippen molar-refractivity contribution in [3.05, 3.63) is 65.7 Å². The number of methoxy groups -OCH3 is 3. The van der Waals surface area contributed by atoms with Gasteiger partial charge in [0, 0.05) is 11.8 Å². The third-order valence-corrected chi connectivity index (χ3v) is 4.39. The summed E-state index contributed by atoms with van der Waals surface area (Å²) in [6.45, 7) is 0. The number of fused-ring (bicyclic) bond motifs is 1. The SMILES string of the molecule is COc1ccc2cc(C=C(C#N)C(=O)Nc3ccc(OC)c(OC)c3)ccc2c1. The van der Waals surface area contributed by atoms with E-state index in [4.69, 9.17) is 14.2 Å². The van der Waals surface area contributed by atoms with Crippen LogP contribution >= 0.6 is 0 Å². The molecule has 0 aliphatic carbocycles. The van der Waals surface area contributed by atoms with E-state index in [9.17, 15) is 10.1 Å². The van der Waals surface area contributed by atoms with Gasteiger partial charge in [-0.1, -0.05) is 18.2 Å². The summed E-state index contributed by atoms with van der Waals surface area (Å²) in [7, 11) is 4.67. The molecule has 3 aromatic carbocycles. The van der Waals surface area contributed by atoms with Crippen molar-refractivity contribution in [2.24, 2.45) is 0 Å². The fourth-order valence-corrected chi connectivity index (χ4v) is 2.89. The van der Waals surface area contributed by atoms with Crippen molar-refractivity contribution in [3.63, 3.8) is 0 Å². The highest BCUT2D eigenvalue weighted by Crippen LogP contribution is 2.30. The Kier molecular flexibility index (Phi) is 6.00. The zero-order chi connectivity index (χ0) is 20.8. The minimum atomic E-state index is -0.505. The maximum atomic E-state index is 12.6. The van der Waals surface area contributed by atoms with Crippen molar-refractivity contribution in [2.75, 3.05) is 26.6 Å². The molecular formula is C23H20N2O4. The molecule has 3 rings (SSSR count). The second-order valence-corrected chi connectivity index (χ2v) is 6.17. The molecule has 1 N–H and O–H groups in total. The number of hydrogen-bond acceptors (Lipinski definition) is 5. The molecule has 0 spiro atoms. The van der Waals surface area contributed by atoms with E-state index in [2.05, 4.69) is 5.32 Å².